The van der Waals surface area contributed by atoms with Gasteiger partial charge in [-0.25, -0.2) is 0 Å². The quantitative estimate of drug-likeness (QED) is 0.601. The molecule has 0 aromatic heterocycles. The van der Waals surface area contributed by atoms with Gasteiger partial charge in [0.05, 0.1) is 0 Å². The number of hydrogen-bond acceptors (Lipinski definition) is 2. The molecule has 0 radical (unpaired) electrons. The summed E-state index contributed by atoms with van der Waals surface area (Å²) in [6.07, 6.45) is 2.70. The molecule has 0 saturated carbocycles. The average Bonchev–Trinajstić information content (AvgIpc) is 1.90. The van der Waals surface area contributed by atoms with Gasteiger partial charge >= 0.3 is 0 Å². The maximum atomic E-state index is 3.37. The first-order valence-corrected chi connectivity index (χ1v) is 3.68. The van der Waals surface area contributed by atoms with Crippen LogP contribution in [0.4, 0.5) is 0 Å². The summed E-state index contributed by atoms with van der Waals surface area (Å²) in [7, 11) is 4.30. The molecule has 1 heterocycles. The summed E-state index contributed by atoms with van der Waals surface area (Å²) >= 11 is 0. The Balaban J connectivity index is 0.000000810. The standard InChI is InChI=1S/C7H16N2.H2S/c1-9(2)7-4-3-5-8-6-7;/h7-8H,3-6H2,1-2H3;1H2/t7-;/m1./s1. The summed E-state index contributed by atoms with van der Waals surface area (Å²) in [5, 5.41) is 3.37. The summed E-state index contributed by atoms with van der Waals surface area (Å²) in [5.41, 5.74) is 0. The number of piperidine rings is 1. The van der Waals surface area contributed by atoms with E-state index in [1.54, 1.807) is 0 Å². The first-order chi connectivity index (χ1) is 4.30. The van der Waals surface area contributed by atoms with Crippen LogP contribution in [0.5, 0.6) is 0 Å². The van der Waals surface area contributed by atoms with Gasteiger partial charge < -0.3 is 10.2 Å². The largest absolute Gasteiger partial charge is 0.315 e. The van der Waals surface area contributed by atoms with Crippen LogP contribution in [-0.4, -0.2) is 38.1 Å². The van der Waals surface area contributed by atoms with Crippen molar-refractivity contribution in [2.45, 2.75) is 18.9 Å². The predicted octanol–water partition coefficient (Wildman–Crippen LogP) is 0.413. The van der Waals surface area contributed by atoms with Crippen LogP contribution in [0.3, 0.4) is 0 Å². The van der Waals surface area contributed by atoms with E-state index in [9.17, 15) is 0 Å². The number of nitrogens with one attached hydrogen (secondary N) is 1. The lowest BCUT2D eigenvalue weighted by molar-refractivity contribution is 0.242. The maximum Gasteiger partial charge on any atom is 0.0215 e. The first-order valence-electron chi connectivity index (χ1n) is 3.68. The van der Waals surface area contributed by atoms with Crippen molar-refractivity contribution in [2.24, 2.45) is 0 Å². The van der Waals surface area contributed by atoms with E-state index >= 15 is 0 Å². The molecule has 0 bridgehead atoms. The Hall–Kier alpha value is 0.270. The molecule has 2 nitrogen and oxygen atoms in total. The molecule has 1 atom stereocenters. The van der Waals surface area contributed by atoms with Gasteiger partial charge in [0.15, 0.2) is 0 Å². The van der Waals surface area contributed by atoms with E-state index < -0.39 is 0 Å². The molecule has 0 aromatic carbocycles. The summed E-state index contributed by atoms with van der Waals surface area (Å²) in [5.74, 6) is 0. The maximum absolute atomic E-state index is 3.37. The molecule has 0 aromatic rings. The third-order valence-electron chi connectivity index (χ3n) is 2.00. The third-order valence-corrected chi connectivity index (χ3v) is 2.00. The molecule has 1 N–H and O–H groups in total. The molecular weight excluding hydrogens is 144 g/mol. The van der Waals surface area contributed by atoms with Gasteiger partial charge in [0, 0.05) is 12.6 Å². The van der Waals surface area contributed by atoms with Gasteiger partial charge in [0.1, 0.15) is 0 Å². The number of rotatable bonds is 1. The van der Waals surface area contributed by atoms with E-state index in [0.717, 1.165) is 6.04 Å². The Kier molecular flexibility index (Phi) is 5.13. The van der Waals surface area contributed by atoms with Crippen molar-refractivity contribution in [3.05, 3.63) is 0 Å². The van der Waals surface area contributed by atoms with Gasteiger partial charge in [0.2, 0.25) is 0 Å². The zero-order valence-corrected chi connectivity index (χ0v) is 7.85. The Bertz CT molecular complexity index is 79.7. The van der Waals surface area contributed by atoms with Crippen LogP contribution in [0.2, 0.25) is 0 Å². The topological polar surface area (TPSA) is 15.3 Å². The fourth-order valence-electron chi connectivity index (χ4n) is 1.27. The van der Waals surface area contributed by atoms with Crippen LogP contribution in [0.15, 0.2) is 0 Å². The molecule has 0 amide bonds. The summed E-state index contributed by atoms with van der Waals surface area (Å²) < 4.78 is 0. The molecule has 10 heavy (non-hydrogen) atoms. The van der Waals surface area contributed by atoms with Crippen LogP contribution >= 0.6 is 13.5 Å². The molecule has 1 fully saturated rings. The molecule has 1 aliphatic rings. The average molecular weight is 162 g/mol. The summed E-state index contributed by atoms with van der Waals surface area (Å²) in [4.78, 5) is 2.30. The van der Waals surface area contributed by atoms with Crippen molar-refractivity contribution < 1.29 is 0 Å². The molecule has 0 aliphatic carbocycles. The van der Waals surface area contributed by atoms with E-state index in [-0.39, 0.29) is 13.5 Å². The predicted molar refractivity (Wildman–Crippen MR) is 50.0 cm³/mol. The minimum absolute atomic E-state index is 0. The van der Waals surface area contributed by atoms with Crippen LogP contribution < -0.4 is 5.32 Å². The highest BCUT2D eigenvalue weighted by Gasteiger charge is 2.13. The van der Waals surface area contributed by atoms with Crippen molar-refractivity contribution >= 4 is 13.5 Å². The lowest BCUT2D eigenvalue weighted by atomic mass is 10.1. The fraction of sp³-hybridized carbons (Fsp3) is 1.00. The molecule has 0 unspecified atom stereocenters. The van der Waals surface area contributed by atoms with E-state index in [2.05, 4.69) is 24.3 Å². The van der Waals surface area contributed by atoms with Crippen molar-refractivity contribution in [2.75, 3.05) is 27.2 Å². The second-order valence-corrected chi connectivity index (χ2v) is 2.96. The Morgan fingerprint density at radius 3 is 2.40 bits per heavy atom. The third kappa shape index (κ3) is 2.90. The molecule has 1 saturated heterocycles. The number of hydrogen-bond donors (Lipinski definition) is 1. The number of likely N-dealkylation sites (N-methyl/N-ethyl adjacent to an activating group) is 1. The van der Waals surface area contributed by atoms with Crippen LogP contribution in [0, 0.1) is 0 Å². The van der Waals surface area contributed by atoms with Gasteiger partial charge in [-0.3, -0.25) is 0 Å². The second-order valence-electron chi connectivity index (χ2n) is 2.96. The highest BCUT2D eigenvalue weighted by molar-refractivity contribution is 7.59. The molecule has 1 rings (SSSR count). The van der Waals surface area contributed by atoms with Gasteiger partial charge in [-0.15, -0.1) is 0 Å². The minimum atomic E-state index is 0. The summed E-state index contributed by atoms with van der Waals surface area (Å²) in [6, 6.07) is 0.777. The van der Waals surface area contributed by atoms with E-state index in [0.29, 0.717) is 0 Å². The van der Waals surface area contributed by atoms with Gasteiger partial charge in [-0.2, -0.15) is 13.5 Å². The molecule has 1 aliphatic heterocycles. The van der Waals surface area contributed by atoms with E-state index in [4.69, 9.17) is 0 Å². The Morgan fingerprint density at radius 2 is 2.10 bits per heavy atom. The lowest BCUT2D eigenvalue weighted by Gasteiger charge is -2.28. The van der Waals surface area contributed by atoms with Crippen LogP contribution in [-0.2, 0) is 0 Å². The van der Waals surface area contributed by atoms with Gasteiger partial charge in [0.25, 0.3) is 0 Å². The van der Waals surface area contributed by atoms with Crippen molar-refractivity contribution in [1.82, 2.24) is 10.2 Å². The molecule has 62 valence electrons. The first kappa shape index (κ1) is 10.3. The summed E-state index contributed by atoms with van der Waals surface area (Å²) in [6.45, 7) is 2.39. The monoisotopic (exact) mass is 162 g/mol. The van der Waals surface area contributed by atoms with Crippen molar-refractivity contribution in [1.29, 1.82) is 0 Å². The normalized spacial score (nSPS) is 26.1. The Morgan fingerprint density at radius 1 is 1.40 bits per heavy atom. The van der Waals surface area contributed by atoms with Gasteiger partial charge in [-0.1, -0.05) is 0 Å². The molecular formula is C7H18N2S. The van der Waals surface area contributed by atoms with E-state index in [1.165, 1.54) is 25.9 Å². The fourth-order valence-corrected chi connectivity index (χ4v) is 1.27. The minimum Gasteiger partial charge on any atom is -0.315 e. The van der Waals surface area contributed by atoms with Gasteiger partial charge in [-0.05, 0) is 33.5 Å². The smallest absolute Gasteiger partial charge is 0.0215 e. The van der Waals surface area contributed by atoms with Crippen molar-refractivity contribution in [3.8, 4) is 0 Å². The zero-order valence-electron chi connectivity index (χ0n) is 6.85. The number of nitrogens with zero attached hydrogens (tertiary/aromatic N) is 1. The van der Waals surface area contributed by atoms with Crippen LogP contribution in [0.25, 0.3) is 0 Å². The van der Waals surface area contributed by atoms with Crippen molar-refractivity contribution in [3.63, 3.8) is 0 Å². The molecule has 0 spiro atoms. The Labute approximate surface area is 70.4 Å². The zero-order chi connectivity index (χ0) is 6.69. The second kappa shape index (κ2) is 4.99. The van der Waals surface area contributed by atoms with E-state index in [1.807, 2.05) is 0 Å². The SMILES string of the molecule is CN(C)[C@@H]1CCCNC1.S. The molecule has 3 heteroatoms. The highest BCUT2D eigenvalue weighted by Crippen LogP contribution is 2.05. The lowest BCUT2D eigenvalue weighted by Crippen LogP contribution is -2.42. The van der Waals surface area contributed by atoms with Crippen LogP contribution in [0.1, 0.15) is 12.8 Å². The highest BCUT2D eigenvalue weighted by atomic mass is 32.1.